The SMILES string of the molecule is O=C(Cn1c(=O)c(=O)[nH]c2cc(F)ccc21)Nc1cccc2cccnc12. The summed E-state index contributed by atoms with van der Waals surface area (Å²) >= 11 is 0. The van der Waals surface area contributed by atoms with Crippen molar-refractivity contribution in [2.45, 2.75) is 6.54 Å². The van der Waals surface area contributed by atoms with Crippen molar-refractivity contribution >= 4 is 33.5 Å². The van der Waals surface area contributed by atoms with Crippen LogP contribution in [0, 0.1) is 5.82 Å². The molecule has 7 nitrogen and oxygen atoms in total. The fourth-order valence-corrected chi connectivity index (χ4v) is 2.95. The summed E-state index contributed by atoms with van der Waals surface area (Å²) in [4.78, 5) is 43.1. The number of aromatic nitrogens is 3. The molecule has 1 amide bonds. The lowest BCUT2D eigenvalue weighted by Crippen LogP contribution is -2.38. The third-order valence-corrected chi connectivity index (χ3v) is 4.15. The van der Waals surface area contributed by atoms with E-state index in [0.717, 1.165) is 22.1 Å². The lowest BCUT2D eigenvalue weighted by molar-refractivity contribution is -0.116. The highest BCUT2D eigenvalue weighted by Gasteiger charge is 2.13. The molecule has 0 aliphatic carbocycles. The predicted molar refractivity (Wildman–Crippen MR) is 99.2 cm³/mol. The van der Waals surface area contributed by atoms with Crippen LogP contribution in [0.2, 0.25) is 0 Å². The van der Waals surface area contributed by atoms with E-state index in [1.165, 1.54) is 6.07 Å². The number of anilines is 1. The summed E-state index contributed by atoms with van der Waals surface area (Å²) in [7, 11) is 0. The summed E-state index contributed by atoms with van der Waals surface area (Å²) in [5, 5.41) is 3.56. The number of carbonyl (C=O) groups excluding carboxylic acids is 1. The van der Waals surface area contributed by atoms with Crippen molar-refractivity contribution in [3.63, 3.8) is 0 Å². The standard InChI is InChI=1S/C19H13FN4O3/c20-12-6-7-15-14(9-12)23-18(26)19(27)24(15)10-16(25)22-13-5-1-3-11-4-2-8-21-17(11)13/h1-9H,10H2,(H,22,25)(H,23,26). The number of para-hydroxylation sites is 1. The van der Waals surface area contributed by atoms with E-state index in [-0.39, 0.29) is 11.0 Å². The first kappa shape index (κ1) is 16.6. The van der Waals surface area contributed by atoms with Gasteiger partial charge in [0.2, 0.25) is 5.91 Å². The van der Waals surface area contributed by atoms with E-state index in [2.05, 4.69) is 15.3 Å². The highest BCUT2D eigenvalue weighted by atomic mass is 19.1. The molecular weight excluding hydrogens is 351 g/mol. The van der Waals surface area contributed by atoms with Crippen LogP contribution >= 0.6 is 0 Å². The summed E-state index contributed by atoms with van der Waals surface area (Å²) in [6, 6.07) is 12.6. The Balaban J connectivity index is 1.72. The molecule has 134 valence electrons. The van der Waals surface area contributed by atoms with E-state index in [0.29, 0.717) is 11.2 Å². The smallest absolute Gasteiger partial charge is 0.317 e. The van der Waals surface area contributed by atoms with Gasteiger partial charge in [0.1, 0.15) is 12.4 Å². The number of aromatic amines is 1. The lowest BCUT2D eigenvalue weighted by atomic mass is 10.2. The van der Waals surface area contributed by atoms with E-state index in [9.17, 15) is 18.8 Å². The van der Waals surface area contributed by atoms with Crippen molar-refractivity contribution in [1.29, 1.82) is 0 Å². The number of benzene rings is 2. The summed E-state index contributed by atoms with van der Waals surface area (Å²) in [5.41, 5.74) is -0.315. The number of halogens is 1. The molecule has 4 rings (SSSR count). The minimum absolute atomic E-state index is 0.138. The van der Waals surface area contributed by atoms with Crippen molar-refractivity contribution in [2.24, 2.45) is 0 Å². The Morgan fingerprint density at radius 2 is 1.96 bits per heavy atom. The van der Waals surface area contributed by atoms with Crippen molar-refractivity contribution < 1.29 is 9.18 Å². The minimum atomic E-state index is -0.923. The Hall–Kier alpha value is -3.81. The first-order chi connectivity index (χ1) is 13.0. The van der Waals surface area contributed by atoms with Crippen molar-refractivity contribution in [2.75, 3.05) is 5.32 Å². The number of amides is 1. The molecule has 4 aromatic rings. The molecule has 0 atom stereocenters. The van der Waals surface area contributed by atoms with Gasteiger partial charge in [0.05, 0.1) is 22.2 Å². The number of hydrogen-bond donors (Lipinski definition) is 2. The predicted octanol–water partition coefficient (Wildman–Crippen LogP) is 2.02. The van der Waals surface area contributed by atoms with Crippen LogP contribution in [0.15, 0.2) is 64.3 Å². The summed E-state index contributed by atoms with van der Waals surface area (Å²) in [6.07, 6.45) is 1.61. The zero-order valence-corrected chi connectivity index (χ0v) is 13.9. The molecule has 0 aliphatic heterocycles. The second-order valence-corrected chi connectivity index (χ2v) is 5.94. The normalized spacial score (nSPS) is 11.0. The van der Waals surface area contributed by atoms with E-state index >= 15 is 0 Å². The van der Waals surface area contributed by atoms with Gasteiger partial charge in [-0.05, 0) is 30.3 Å². The van der Waals surface area contributed by atoms with Crippen LogP contribution < -0.4 is 16.4 Å². The fourth-order valence-electron chi connectivity index (χ4n) is 2.95. The first-order valence-electron chi connectivity index (χ1n) is 8.09. The number of rotatable bonds is 3. The number of pyridine rings is 1. The van der Waals surface area contributed by atoms with Gasteiger partial charge in [-0.3, -0.25) is 23.9 Å². The van der Waals surface area contributed by atoms with E-state index in [1.807, 2.05) is 12.1 Å². The van der Waals surface area contributed by atoms with Crippen LogP contribution in [0.25, 0.3) is 21.9 Å². The molecule has 0 aliphatic rings. The van der Waals surface area contributed by atoms with Crippen LogP contribution in [-0.4, -0.2) is 20.4 Å². The Labute approximate surface area is 151 Å². The van der Waals surface area contributed by atoms with Crippen molar-refractivity contribution in [3.05, 3.63) is 81.3 Å². The summed E-state index contributed by atoms with van der Waals surface area (Å²) < 4.78 is 14.4. The maximum absolute atomic E-state index is 13.4. The van der Waals surface area contributed by atoms with Gasteiger partial charge < -0.3 is 10.3 Å². The molecule has 2 N–H and O–H groups in total. The number of nitrogens with one attached hydrogen (secondary N) is 2. The van der Waals surface area contributed by atoms with Gasteiger partial charge in [0.25, 0.3) is 0 Å². The third-order valence-electron chi connectivity index (χ3n) is 4.15. The number of carbonyl (C=O) groups is 1. The number of fused-ring (bicyclic) bond motifs is 2. The fraction of sp³-hybridized carbons (Fsp3) is 0.0526. The molecule has 2 aromatic carbocycles. The van der Waals surface area contributed by atoms with E-state index < -0.39 is 29.4 Å². The monoisotopic (exact) mass is 364 g/mol. The first-order valence-corrected chi connectivity index (χ1v) is 8.09. The van der Waals surface area contributed by atoms with Gasteiger partial charge in [0.15, 0.2) is 0 Å². The summed E-state index contributed by atoms with van der Waals surface area (Å²) in [6.45, 7) is -0.395. The molecule has 0 saturated carbocycles. The van der Waals surface area contributed by atoms with E-state index in [1.54, 1.807) is 24.4 Å². The minimum Gasteiger partial charge on any atom is -0.323 e. The Morgan fingerprint density at radius 3 is 2.81 bits per heavy atom. The molecule has 0 fully saturated rings. The van der Waals surface area contributed by atoms with Gasteiger partial charge in [-0.1, -0.05) is 18.2 Å². The largest absolute Gasteiger partial charge is 0.323 e. The van der Waals surface area contributed by atoms with Crippen LogP contribution in [0.4, 0.5) is 10.1 Å². The average molecular weight is 364 g/mol. The van der Waals surface area contributed by atoms with E-state index in [4.69, 9.17) is 0 Å². The second kappa shape index (κ2) is 6.49. The van der Waals surface area contributed by atoms with Crippen LogP contribution in [0.3, 0.4) is 0 Å². The summed E-state index contributed by atoms with van der Waals surface area (Å²) in [5.74, 6) is -1.07. The van der Waals surface area contributed by atoms with Crippen LogP contribution in [0.1, 0.15) is 0 Å². The molecule has 27 heavy (non-hydrogen) atoms. The molecular formula is C19H13FN4O3. The molecule has 2 heterocycles. The molecule has 2 aromatic heterocycles. The number of H-pyrrole nitrogens is 1. The highest BCUT2D eigenvalue weighted by molar-refractivity contribution is 6.00. The molecule has 8 heteroatoms. The van der Waals surface area contributed by atoms with Crippen LogP contribution in [0.5, 0.6) is 0 Å². The quantitative estimate of drug-likeness (QED) is 0.544. The second-order valence-electron chi connectivity index (χ2n) is 5.94. The number of nitrogens with zero attached hydrogens (tertiary/aromatic N) is 2. The van der Waals surface area contributed by atoms with Crippen molar-refractivity contribution in [1.82, 2.24) is 14.5 Å². The third kappa shape index (κ3) is 3.08. The molecule has 0 saturated heterocycles. The zero-order chi connectivity index (χ0) is 19.0. The topological polar surface area (TPSA) is 96.9 Å². The maximum Gasteiger partial charge on any atom is 0.317 e. The van der Waals surface area contributed by atoms with Gasteiger partial charge in [-0.2, -0.15) is 0 Å². The zero-order valence-electron chi connectivity index (χ0n) is 13.9. The molecule has 0 radical (unpaired) electrons. The Kier molecular flexibility index (Phi) is 4.00. The number of hydrogen-bond acceptors (Lipinski definition) is 4. The van der Waals surface area contributed by atoms with Gasteiger partial charge in [-0.25, -0.2) is 4.39 Å². The van der Waals surface area contributed by atoms with Gasteiger partial charge in [-0.15, -0.1) is 0 Å². The molecule has 0 unspecified atom stereocenters. The van der Waals surface area contributed by atoms with Crippen LogP contribution in [-0.2, 0) is 11.3 Å². The van der Waals surface area contributed by atoms with Gasteiger partial charge >= 0.3 is 11.1 Å². The van der Waals surface area contributed by atoms with Crippen molar-refractivity contribution in [3.8, 4) is 0 Å². The Bertz CT molecular complexity index is 1300. The highest BCUT2D eigenvalue weighted by Crippen LogP contribution is 2.20. The Morgan fingerprint density at radius 1 is 1.15 bits per heavy atom. The maximum atomic E-state index is 13.4. The lowest BCUT2D eigenvalue weighted by Gasteiger charge is -2.11. The molecule has 0 bridgehead atoms. The van der Waals surface area contributed by atoms with Gasteiger partial charge in [0, 0.05) is 11.6 Å². The molecule has 0 spiro atoms. The average Bonchev–Trinajstić information content (AvgIpc) is 2.65.